The number of aliphatic hydroxyl groups is 1. The van der Waals surface area contributed by atoms with E-state index >= 15 is 0 Å². The van der Waals surface area contributed by atoms with Crippen molar-refractivity contribution in [1.82, 2.24) is 5.32 Å². The van der Waals surface area contributed by atoms with Crippen LogP contribution in [0.25, 0.3) is 11.0 Å². The predicted molar refractivity (Wildman–Crippen MR) is 85.0 cm³/mol. The lowest BCUT2D eigenvalue weighted by Gasteiger charge is -2.29. The monoisotopic (exact) mass is 304 g/mol. The van der Waals surface area contributed by atoms with E-state index in [1.165, 1.54) is 6.07 Å². The van der Waals surface area contributed by atoms with Crippen molar-refractivity contribution in [3.63, 3.8) is 0 Å². The number of hydrogen-bond donors (Lipinski definition) is 3. The van der Waals surface area contributed by atoms with E-state index in [0.29, 0.717) is 16.7 Å². The average molecular weight is 304 g/mol. The highest BCUT2D eigenvalue weighted by Crippen LogP contribution is 2.20. The van der Waals surface area contributed by atoms with Gasteiger partial charge in [0.05, 0.1) is 12.6 Å². The van der Waals surface area contributed by atoms with Crippen LogP contribution in [-0.4, -0.2) is 23.8 Å². The maximum atomic E-state index is 12.0. The second-order valence-electron chi connectivity index (χ2n) is 6.21. The van der Waals surface area contributed by atoms with E-state index in [9.17, 15) is 14.7 Å². The van der Waals surface area contributed by atoms with E-state index in [2.05, 4.69) is 10.6 Å². The fraction of sp³-hybridized carbons (Fsp3) is 0.375. The number of rotatable bonds is 3. The topological polar surface area (TPSA) is 91.6 Å². The van der Waals surface area contributed by atoms with Crippen LogP contribution in [-0.2, 0) is 0 Å². The van der Waals surface area contributed by atoms with Crippen LogP contribution in [0.15, 0.2) is 39.5 Å². The number of benzene rings is 1. The molecule has 118 valence electrons. The number of carbonyl (C=O) groups excluding carboxylic acids is 1. The quantitative estimate of drug-likeness (QED) is 0.759. The minimum atomic E-state index is -0.415. The maximum Gasteiger partial charge on any atom is 0.336 e. The lowest BCUT2D eigenvalue weighted by atomic mass is 9.87. The first-order valence-corrected chi connectivity index (χ1v) is 7.02. The highest BCUT2D eigenvalue weighted by Gasteiger charge is 2.25. The number of urea groups is 1. The van der Waals surface area contributed by atoms with Gasteiger partial charge in [-0.3, -0.25) is 0 Å². The molecule has 2 aromatic rings. The van der Waals surface area contributed by atoms with Crippen LogP contribution in [0.4, 0.5) is 10.5 Å². The molecule has 6 heteroatoms. The molecule has 1 aromatic carbocycles. The third-order valence-corrected chi connectivity index (χ3v) is 3.41. The smallest absolute Gasteiger partial charge is 0.336 e. The molecule has 2 amide bonds. The number of aliphatic hydroxyl groups excluding tert-OH is 1. The molecule has 1 heterocycles. The van der Waals surface area contributed by atoms with Crippen LogP contribution < -0.4 is 16.3 Å². The molecule has 0 bridgehead atoms. The summed E-state index contributed by atoms with van der Waals surface area (Å²) in [5.41, 5.74) is 0.367. The van der Waals surface area contributed by atoms with Gasteiger partial charge in [0.25, 0.3) is 0 Å². The first kappa shape index (κ1) is 16.0. The number of carbonyl (C=O) groups is 1. The second kappa shape index (κ2) is 6.19. The van der Waals surface area contributed by atoms with Crippen molar-refractivity contribution in [2.45, 2.75) is 26.8 Å². The third kappa shape index (κ3) is 3.85. The van der Waals surface area contributed by atoms with Gasteiger partial charge in [-0.1, -0.05) is 20.8 Å². The first-order chi connectivity index (χ1) is 10.3. The third-order valence-electron chi connectivity index (χ3n) is 3.41. The molecule has 0 aliphatic rings. The summed E-state index contributed by atoms with van der Waals surface area (Å²) in [5.74, 6) is 0. The molecule has 3 N–H and O–H groups in total. The minimum Gasteiger partial charge on any atom is -0.423 e. The zero-order valence-corrected chi connectivity index (χ0v) is 12.8. The van der Waals surface area contributed by atoms with Crippen LogP contribution in [0.1, 0.15) is 20.8 Å². The summed E-state index contributed by atoms with van der Waals surface area (Å²) in [6.07, 6.45) is 0. The first-order valence-electron chi connectivity index (χ1n) is 7.02. The van der Waals surface area contributed by atoms with Crippen molar-refractivity contribution in [3.05, 3.63) is 40.8 Å². The largest absolute Gasteiger partial charge is 0.423 e. The van der Waals surface area contributed by atoms with Gasteiger partial charge < -0.3 is 20.2 Å². The van der Waals surface area contributed by atoms with Crippen molar-refractivity contribution in [2.75, 3.05) is 11.9 Å². The number of amides is 2. The Morgan fingerprint density at radius 1 is 1.27 bits per heavy atom. The van der Waals surface area contributed by atoms with E-state index in [4.69, 9.17) is 4.42 Å². The Morgan fingerprint density at radius 3 is 2.64 bits per heavy atom. The zero-order chi connectivity index (χ0) is 16.3. The summed E-state index contributed by atoms with van der Waals surface area (Å²) < 4.78 is 5.03. The summed E-state index contributed by atoms with van der Waals surface area (Å²) in [6, 6.07) is 7.19. The molecule has 0 radical (unpaired) electrons. The molecule has 22 heavy (non-hydrogen) atoms. The summed E-state index contributed by atoms with van der Waals surface area (Å²) in [7, 11) is 0. The fourth-order valence-corrected chi connectivity index (χ4v) is 2.01. The lowest BCUT2D eigenvalue weighted by Crippen LogP contribution is -2.47. The Morgan fingerprint density at radius 2 is 2.00 bits per heavy atom. The minimum absolute atomic E-state index is 0.139. The number of hydrogen-bond acceptors (Lipinski definition) is 4. The van der Waals surface area contributed by atoms with E-state index in [1.807, 2.05) is 20.8 Å². The van der Waals surface area contributed by atoms with Crippen molar-refractivity contribution in [1.29, 1.82) is 0 Å². The van der Waals surface area contributed by atoms with Gasteiger partial charge in [-0.05, 0) is 29.7 Å². The number of anilines is 1. The normalized spacial score (nSPS) is 12.9. The fourth-order valence-electron chi connectivity index (χ4n) is 2.01. The van der Waals surface area contributed by atoms with Crippen LogP contribution in [0.2, 0.25) is 0 Å². The van der Waals surface area contributed by atoms with Gasteiger partial charge in [-0.2, -0.15) is 0 Å². The molecule has 0 saturated heterocycles. The highest BCUT2D eigenvalue weighted by molar-refractivity contribution is 5.92. The molecule has 0 unspecified atom stereocenters. The summed E-state index contributed by atoms with van der Waals surface area (Å²) in [6.45, 7) is 5.67. The Kier molecular flexibility index (Phi) is 4.51. The van der Waals surface area contributed by atoms with Gasteiger partial charge in [0, 0.05) is 17.1 Å². The van der Waals surface area contributed by atoms with Crippen LogP contribution >= 0.6 is 0 Å². The van der Waals surface area contributed by atoms with Gasteiger partial charge in [0.1, 0.15) is 5.58 Å². The van der Waals surface area contributed by atoms with E-state index < -0.39 is 11.7 Å². The van der Waals surface area contributed by atoms with Crippen molar-refractivity contribution < 1.29 is 14.3 Å². The summed E-state index contributed by atoms with van der Waals surface area (Å²) >= 11 is 0. The molecular formula is C16H20N2O4. The number of nitrogens with one attached hydrogen (secondary N) is 2. The molecule has 1 aromatic heterocycles. The second-order valence-corrected chi connectivity index (χ2v) is 6.21. The van der Waals surface area contributed by atoms with Crippen LogP contribution in [0, 0.1) is 5.41 Å². The lowest BCUT2D eigenvalue weighted by molar-refractivity contribution is 0.162. The zero-order valence-electron chi connectivity index (χ0n) is 12.8. The predicted octanol–water partition coefficient (Wildman–Crippen LogP) is 2.32. The SMILES string of the molecule is CC(C)(C)[C@@H](CO)NC(=O)Nc1ccc2oc(=O)ccc2c1. The van der Waals surface area contributed by atoms with Gasteiger partial charge in [0.15, 0.2) is 0 Å². The van der Waals surface area contributed by atoms with E-state index in [1.54, 1.807) is 24.3 Å². The van der Waals surface area contributed by atoms with Gasteiger partial charge in [-0.25, -0.2) is 9.59 Å². The van der Waals surface area contributed by atoms with Gasteiger partial charge >= 0.3 is 11.7 Å². The van der Waals surface area contributed by atoms with Crippen molar-refractivity contribution >= 4 is 22.7 Å². The molecule has 0 aliphatic heterocycles. The molecule has 0 saturated carbocycles. The van der Waals surface area contributed by atoms with E-state index in [0.717, 1.165) is 0 Å². The standard InChI is InChI=1S/C16H20N2O4/c1-16(2,3)13(9-19)18-15(21)17-11-5-6-12-10(8-11)4-7-14(20)22-12/h4-8,13,19H,9H2,1-3H3,(H2,17,18,21)/t13-/m1/s1. The Labute approximate surface area is 128 Å². The summed E-state index contributed by atoms with van der Waals surface area (Å²) in [4.78, 5) is 23.1. The molecular weight excluding hydrogens is 284 g/mol. The van der Waals surface area contributed by atoms with Crippen molar-refractivity contribution in [2.24, 2.45) is 5.41 Å². The van der Waals surface area contributed by atoms with Gasteiger partial charge in [-0.15, -0.1) is 0 Å². The molecule has 6 nitrogen and oxygen atoms in total. The Bertz CT molecular complexity index is 731. The maximum absolute atomic E-state index is 12.0. The summed E-state index contributed by atoms with van der Waals surface area (Å²) in [5, 5.41) is 15.5. The molecule has 1 atom stereocenters. The number of fused-ring (bicyclic) bond motifs is 1. The molecule has 0 aliphatic carbocycles. The van der Waals surface area contributed by atoms with Crippen LogP contribution in [0.3, 0.4) is 0 Å². The molecule has 2 rings (SSSR count). The van der Waals surface area contributed by atoms with Crippen LogP contribution in [0.5, 0.6) is 0 Å². The molecule has 0 spiro atoms. The highest BCUT2D eigenvalue weighted by atomic mass is 16.4. The molecule has 0 fully saturated rings. The van der Waals surface area contributed by atoms with Crippen molar-refractivity contribution in [3.8, 4) is 0 Å². The van der Waals surface area contributed by atoms with E-state index in [-0.39, 0.29) is 18.1 Å². The Hall–Kier alpha value is -2.34. The Balaban J connectivity index is 2.11. The van der Waals surface area contributed by atoms with Gasteiger partial charge in [0.2, 0.25) is 0 Å². The average Bonchev–Trinajstić information content (AvgIpc) is 2.43.